The number of aliphatic hydroxyl groups is 1. The van der Waals surface area contributed by atoms with Gasteiger partial charge in [0.25, 0.3) is 0 Å². The van der Waals surface area contributed by atoms with Gasteiger partial charge in [0.2, 0.25) is 5.91 Å². The van der Waals surface area contributed by atoms with Gasteiger partial charge in [0.05, 0.1) is 12.8 Å². The molecule has 4 nitrogen and oxygen atoms in total. The van der Waals surface area contributed by atoms with Gasteiger partial charge in [-0.2, -0.15) is 0 Å². The quantitative estimate of drug-likeness (QED) is 0.829. The second kappa shape index (κ2) is 7.56. The van der Waals surface area contributed by atoms with Gasteiger partial charge in [0, 0.05) is 11.5 Å². The fraction of sp³-hybridized carbons (Fsp3) is 0.438. The van der Waals surface area contributed by atoms with Gasteiger partial charge in [-0.25, -0.2) is 0 Å². The first-order valence-electron chi connectivity index (χ1n) is 6.58. The Morgan fingerprint density at radius 3 is 2.65 bits per heavy atom. The maximum atomic E-state index is 12.1. The van der Waals surface area contributed by atoms with Crippen molar-refractivity contribution in [2.45, 2.75) is 20.8 Å². The summed E-state index contributed by atoms with van der Waals surface area (Å²) in [6.07, 6.45) is 0. The molecule has 0 aliphatic rings. The summed E-state index contributed by atoms with van der Waals surface area (Å²) in [6.45, 7) is 5.70. The Labute approximate surface area is 120 Å². The first-order chi connectivity index (χ1) is 9.49. The molecule has 0 heterocycles. The predicted octanol–water partition coefficient (Wildman–Crippen LogP) is 2.27. The van der Waals surface area contributed by atoms with E-state index in [-0.39, 0.29) is 24.3 Å². The number of carbonyl (C=O) groups excluding carboxylic acids is 1. The van der Waals surface area contributed by atoms with Crippen molar-refractivity contribution in [1.29, 1.82) is 0 Å². The van der Waals surface area contributed by atoms with E-state index in [1.54, 1.807) is 25.3 Å². The van der Waals surface area contributed by atoms with Crippen LogP contribution in [0.4, 0.5) is 5.69 Å². The van der Waals surface area contributed by atoms with Crippen molar-refractivity contribution in [3.8, 4) is 17.6 Å². The molecular formula is C16H21NO3. The highest BCUT2D eigenvalue weighted by Crippen LogP contribution is 2.26. The Hall–Kier alpha value is -1.99. The Morgan fingerprint density at radius 2 is 2.10 bits per heavy atom. The zero-order valence-corrected chi connectivity index (χ0v) is 12.4. The average molecular weight is 275 g/mol. The molecule has 1 amide bonds. The maximum Gasteiger partial charge on any atom is 0.227 e. The van der Waals surface area contributed by atoms with Gasteiger partial charge in [-0.05, 0) is 24.1 Å². The average Bonchev–Trinajstić information content (AvgIpc) is 2.44. The Balaban J connectivity index is 2.99. The van der Waals surface area contributed by atoms with Crippen molar-refractivity contribution in [2.24, 2.45) is 11.8 Å². The third kappa shape index (κ3) is 4.29. The highest BCUT2D eigenvalue weighted by Gasteiger charge is 2.18. The molecule has 0 aromatic heterocycles. The van der Waals surface area contributed by atoms with Crippen LogP contribution in [0.2, 0.25) is 0 Å². The molecule has 1 aromatic rings. The molecule has 0 fully saturated rings. The number of aliphatic hydroxyl groups excluding tert-OH is 1. The van der Waals surface area contributed by atoms with E-state index in [1.807, 2.05) is 20.8 Å². The number of hydrogen-bond acceptors (Lipinski definition) is 3. The van der Waals surface area contributed by atoms with E-state index in [1.165, 1.54) is 0 Å². The first-order valence-corrected chi connectivity index (χ1v) is 6.58. The lowest BCUT2D eigenvalue weighted by molar-refractivity contribution is -0.120. The Morgan fingerprint density at radius 1 is 1.40 bits per heavy atom. The van der Waals surface area contributed by atoms with Crippen LogP contribution in [-0.2, 0) is 4.79 Å². The van der Waals surface area contributed by atoms with Crippen LogP contribution in [0.25, 0.3) is 0 Å². The van der Waals surface area contributed by atoms with Crippen LogP contribution in [0.3, 0.4) is 0 Å². The number of methoxy groups -OCH3 is 1. The summed E-state index contributed by atoms with van der Waals surface area (Å²) in [5.74, 6) is 6.09. The molecule has 0 aliphatic carbocycles. The molecule has 108 valence electrons. The van der Waals surface area contributed by atoms with Gasteiger partial charge < -0.3 is 15.2 Å². The van der Waals surface area contributed by atoms with Crippen molar-refractivity contribution in [2.75, 3.05) is 19.0 Å². The van der Waals surface area contributed by atoms with Gasteiger partial charge >= 0.3 is 0 Å². The molecule has 1 aromatic carbocycles. The molecule has 20 heavy (non-hydrogen) atoms. The number of amides is 1. The monoisotopic (exact) mass is 275 g/mol. The topological polar surface area (TPSA) is 58.6 Å². The van der Waals surface area contributed by atoms with Gasteiger partial charge in [0.1, 0.15) is 12.4 Å². The van der Waals surface area contributed by atoms with E-state index in [0.29, 0.717) is 17.0 Å². The van der Waals surface area contributed by atoms with E-state index < -0.39 is 0 Å². The number of benzene rings is 1. The Bertz CT molecular complexity index is 526. The number of ether oxygens (including phenoxy) is 1. The second-order valence-corrected chi connectivity index (χ2v) is 4.90. The standard InChI is InChI=1S/C16H21NO3/c1-11(2)12(3)16(19)17-14-10-13(6-5-9-18)7-8-15(14)20-4/h7-8,10-12,18H,9H2,1-4H3,(H,17,19). The second-order valence-electron chi connectivity index (χ2n) is 4.90. The van der Waals surface area contributed by atoms with Crippen LogP contribution in [0.5, 0.6) is 5.75 Å². The van der Waals surface area contributed by atoms with Gasteiger partial charge in [-0.3, -0.25) is 4.79 Å². The summed E-state index contributed by atoms with van der Waals surface area (Å²) in [5.41, 5.74) is 1.31. The van der Waals surface area contributed by atoms with Crippen LogP contribution in [0.1, 0.15) is 26.3 Å². The number of carbonyl (C=O) groups is 1. The van der Waals surface area contributed by atoms with Crippen LogP contribution in [0.15, 0.2) is 18.2 Å². The summed E-state index contributed by atoms with van der Waals surface area (Å²) in [5, 5.41) is 11.6. The van der Waals surface area contributed by atoms with Gasteiger partial charge in [0.15, 0.2) is 0 Å². The molecule has 0 radical (unpaired) electrons. The lowest BCUT2D eigenvalue weighted by Gasteiger charge is -2.17. The van der Waals surface area contributed by atoms with Crippen LogP contribution in [0, 0.1) is 23.7 Å². The first kappa shape index (κ1) is 16.1. The summed E-state index contributed by atoms with van der Waals surface area (Å²) in [4.78, 5) is 12.1. The highest BCUT2D eigenvalue weighted by atomic mass is 16.5. The predicted molar refractivity (Wildman–Crippen MR) is 79.6 cm³/mol. The van der Waals surface area contributed by atoms with Crippen LogP contribution >= 0.6 is 0 Å². The van der Waals surface area contributed by atoms with E-state index in [0.717, 1.165) is 0 Å². The molecule has 0 spiro atoms. The smallest absolute Gasteiger partial charge is 0.227 e. The van der Waals surface area contributed by atoms with Gasteiger partial charge in [-0.15, -0.1) is 0 Å². The normalized spacial score (nSPS) is 11.5. The van der Waals surface area contributed by atoms with Crippen molar-refractivity contribution < 1.29 is 14.6 Å². The van der Waals surface area contributed by atoms with E-state index in [2.05, 4.69) is 17.2 Å². The minimum absolute atomic E-state index is 0.0504. The summed E-state index contributed by atoms with van der Waals surface area (Å²) in [7, 11) is 1.55. The molecule has 0 saturated heterocycles. The lowest BCUT2D eigenvalue weighted by atomic mass is 9.97. The van der Waals surface area contributed by atoms with E-state index >= 15 is 0 Å². The Kier molecular flexibility index (Phi) is 6.08. The molecule has 4 heteroatoms. The number of anilines is 1. The van der Waals surface area contributed by atoms with Crippen molar-refractivity contribution in [1.82, 2.24) is 0 Å². The zero-order chi connectivity index (χ0) is 15.1. The lowest BCUT2D eigenvalue weighted by Crippen LogP contribution is -2.24. The van der Waals surface area contributed by atoms with E-state index in [4.69, 9.17) is 9.84 Å². The summed E-state index contributed by atoms with van der Waals surface area (Å²) in [6, 6.07) is 5.27. The van der Waals surface area contributed by atoms with Crippen LogP contribution < -0.4 is 10.1 Å². The fourth-order valence-electron chi connectivity index (χ4n) is 1.57. The molecule has 1 atom stereocenters. The van der Waals surface area contributed by atoms with E-state index in [9.17, 15) is 4.79 Å². The number of rotatable bonds is 4. The van der Waals surface area contributed by atoms with Crippen LogP contribution in [-0.4, -0.2) is 24.7 Å². The van der Waals surface area contributed by atoms with Crippen molar-refractivity contribution in [3.05, 3.63) is 23.8 Å². The molecule has 0 bridgehead atoms. The highest BCUT2D eigenvalue weighted by molar-refractivity contribution is 5.94. The number of nitrogens with one attached hydrogen (secondary N) is 1. The molecule has 2 N–H and O–H groups in total. The molecule has 1 rings (SSSR count). The maximum absolute atomic E-state index is 12.1. The minimum atomic E-state index is -0.196. The van der Waals surface area contributed by atoms with Crippen molar-refractivity contribution in [3.63, 3.8) is 0 Å². The van der Waals surface area contributed by atoms with Gasteiger partial charge in [-0.1, -0.05) is 32.6 Å². The number of hydrogen-bond donors (Lipinski definition) is 2. The summed E-state index contributed by atoms with van der Waals surface area (Å²) < 4.78 is 5.23. The molecule has 1 unspecified atom stereocenters. The van der Waals surface area contributed by atoms with Crippen molar-refractivity contribution >= 4 is 11.6 Å². The largest absolute Gasteiger partial charge is 0.495 e. The fourth-order valence-corrected chi connectivity index (χ4v) is 1.57. The minimum Gasteiger partial charge on any atom is -0.495 e. The third-order valence-corrected chi connectivity index (χ3v) is 3.18. The molecule has 0 saturated carbocycles. The third-order valence-electron chi connectivity index (χ3n) is 3.18. The summed E-state index contributed by atoms with van der Waals surface area (Å²) >= 11 is 0. The molecular weight excluding hydrogens is 254 g/mol. The SMILES string of the molecule is COc1ccc(C#CCO)cc1NC(=O)C(C)C(C)C. The molecule has 0 aliphatic heterocycles. The zero-order valence-electron chi connectivity index (χ0n) is 12.4.